The third-order valence-corrected chi connectivity index (χ3v) is 3.12. The lowest BCUT2D eigenvalue weighted by Gasteiger charge is -2.12. The van der Waals surface area contributed by atoms with Crippen LogP contribution in [0.2, 0.25) is 5.15 Å². The fourth-order valence-corrected chi connectivity index (χ4v) is 1.48. The molecule has 1 aromatic rings. The predicted molar refractivity (Wildman–Crippen MR) is 64.7 cm³/mol. The fraction of sp³-hybridized carbons (Fsp3) is 0.400. The Labute approximate surface area is 97.2 Å². The molecule has 5 heteroatoms. The molecule has 0 aliphatic heterocycles. The van der Waals surface area contributed by atoms with Gasteiger partial charge in [0.1, 0.15) is 16.1 Å². The highest BCUT2D eigenvalue weighted by Crippen LogP contribution is 2.12. The molecule has 0 saturated heterocycles. The minimum absolute atomic E-state index is 0.340. The highest BCUT2D eigenvalue weighted by Gasteiger charge is 2.17. The zero-order chi connectivity index (χ0) is 11.5. The standard InChI is InChI=1S/C10H13ClN2OS/c1-10(2,3)15(14)13-7-8-4-5-12-9(11)6-8/h4-7H,1-3H3. The summed E-state index contributed by atoms with van der Waals surface area (Å²) in [7, 11) is -1.24. The molecule has 0 aliphatic carbocycles. The SMILES string of the molecule is CC(C)(C)S(=O)N=Cc1ccnc(Cl)c1. The number of halogens is 1. The lowest BCUT2D eigenvalue weighted by atomic mass is 10.3. The van der Waals surface area contributed by atoms with Crippen molar-refractivity contribution in [1.82, 2.24) is 4.98 Å². The second-order valence-electron chi connectivity index (χ2n) is 4.01. The van der Waals surface area contributed by atoms with E-state index in [-0.39, 0.29) is 4.75 Å². The van der Waals surface area contributed by atoms with Crippen LogP contribution in [0.3, 0.4) is 0 Å². The fourth-order valence-electron chi connectivity index (χ4n) is 0.765. The molecule has 82 valence electrons. The van der Waals surface area contributed by atoms with Crippen LogP contribution in [-0.2, 0) is 11.0 Å². The van der Waals surface area contributed by atoms with Crippen LogP contribution in [0.5, 0.6) is 0 Å². The molecule has 0 amide bonds. The number of hydrogen-bond donors (Lipinski definition) is 0. The van der Waals surface area contributed by atoms with Crippen molar-refractivity contribution in [2.24, 2.45) is 4.40 Å². The summed E-state index contributed by atoms with van der Waals surface area (Å²) in [5, 5.41) is 0.403. The van der Waals surface area contributed by atoms with Gasteiger partial charge in [-0.25, -0.2) is 9.19 Å². The molecule has 0 bridgehead atoms. The minimum atomic E-state index is -1.24. The van der Waals surface area contributed by atoms with Gasteiger partial charge < -0.3 is 0 Å². The van der Waals surface area contributed by atoms with Crippen molar-refractivity contribution in [2.75, 3.05) is 0 Å². The monoisotopic (exact) mass is 244 g/mol. The van der Waals surface area contributed by atoms with Crippen LogP contribution in [0.1, 0.15) is 26.3 Å². The average molecular weight is 245 g/mol. The Bertz CT molecular complexity index is 399. The van der Waals surface area contributed by atoms with Crippen LogP contribution in [0, 0.1) is 0 Å². The Morgan fingerprint density at radius 3 is 2.73 bits per heavy atom. The molecular formula is C10H13ClN2OS. The first-order valence-corrected chi connectivity index (χ1v) is 5.96. The van der Waals surface area contributed by atoms with E-state index in [1.165, 1.54) is 0 Å². The zero-order valence-electron chi connectivity index (χ0n) is 8.90. The first-order chi connectivity index (χ1) is 6.89. The zero-order valence-corrected chi connectivity index (χ0v) is 10.5. The van der Waals surface area contributed by atoms with Crippen molar-refractivity contribution in [3.8, 4) is 0 Å². The Morgan fingerprint density at radius 2 is 2.20 bits per heavy atom. The van der Waals surface area contributed by atoms with Gasteiger partial charge in [0.2, 0.25) is 0 Å². The van der Waals surface area contributed by atoms with Gasteiger partial charge in [-0.15, -0.1) is 0 Å². The summed E-state index contributed by atoms with van der Waals surface area (Å²) in [6.07, 6.45) is 3.14. The first kappa shape index (κ1) is 12.3. The van der Waals surface area contributed by atoms with E-state index in [0.29, 0.717) is 5.15 Å². The number of rotatable bonds is 2. The molecule has 1 aromatic heterocycles. The highest BCUT2D eigenvalue weighted by molar-refractivity contribution is 7.85. The van der Waals surface area contributed by atoms with Gasteiger partial charge in [-0.2, -0.15) is 4.40 Å². The number of nitrogens with zero attached hydrogens (tertiary/aromatic N) is 2. The molecule has 1 rings (SSSR count). The molecule has 0 aromatic carbocycles. The number of hydrogen-bond acceptors (Lipinski definition) is 2. The average Bonchev–Trinajstić information content (AvgIpc) is 2.12. The largest absolute Gasteiger partial charge is 0.245 e. The quantitative estimate of drug-likeness (QED) is 0.593. The maximum absolute atomic E-state index is 11.6. The molecule has 3 nitrogen and oxygen atoms in total. The van der Waals surface area contributed by atoms with E-state index in [1.807, 2.05) is 20.8 Å². The van der Waals surface area contributed by atoms with E-state index in [9.17, 15) is 4.21 Å². The Morgan fingerprint density at radius 1 is 1.53 bits per heavy atom. The van der Waals surface area contributed by atoms with Gasteiger partial charge in [0, 0.05) is 12.4 Å². The summed E-state index contributed by atoms with van der Waals surface area (Å²) in [6.45, 7) is 5.62. The summed E-state index contributed by atoms with van der Waals surface area (Å²) < 4.78 is 15.2. The molecule has 0 spiro atoms. The highest BCUT2D eigenvalue weighted by atomic mass is 35.5. The molecule has 1 atom stereocenters. The molecule has 1 heterocycles. The molecule has 15 heavy (non-hydrogen) atoms. The lowest BCUT2D eigenvalue weighted by molar-refractivity contribution is 0.651. The molecule has 1 unspecified atom stereocenters. The smallest absolute Gasteiger partial charge is 0.144 e. The van der Waals surface area contributed by atoms with E-state index >= 15 is 0 Å². The summed E-state index contributed by atoms with van der Waals surface area (Å²) in [4.78, 5) is 3.84. The van der Waals surface area contributed by atoms with Gasteiger partial charge >= 0.3 is 0 Å². The molecular weight excluding hydrogens is 232 g/mol. The van der Waals surface area contributed by atoms with Crippen molar-refractivity contribution in [3.05, 3.63) is 29.0 Å². The maximum Gasteiger partial charge on any atom is 0.144 e. The minimum Gasteiger partial charge on any atom is -0.245 e. The maximum atomic E-state index is 11.6. The van der Waals surface area contributed by atoms with Crippen LogP contribution in [-0.4, -0.2) is 20.2 Å². The van der Waals surface area contributed by atoms with Crippen molar-refractivity contribution >= 4 is 28.8 Å². The van der Waals surface area contributed by atoms with Gasteiger partial charge in [-0.3, -0.25) is 0 Å². The Balaban J connectivity index is 2.79. The summed E-state index contributed by atoms with van der Waals surface area (Å²) in [5.41, 5.74) is 0.799. The molecule has 0 saturated carbocycles. The topological polar surface area (TPSA) is 42.3 Å². The van der Waals surface area contributed by atoms with E-state index in [1.54, 1.807) is 24.5 Å². The molecule has 0 fully saturated rings. The number of aromatic nitrogens is 1. The molecule has 0 N–H and O–H groups in total. The second kappa shape index (κ2) is 4.86. The summed E-state index contributed by atoms with van der Waals surface area (Å²) in [5.74, 6) is 0. The van der Waals surface area contributed by atoms with Gasteiger partial charge in [-0.1, -0.05) is 11.6 Å². The summed E-state index contributed by atoms with van der Waals surface area (Å²) >= 11 is 5.70. The first-order valence-electron chi connectivity index (χ1n) is 4.47. The normalized spacial score (nSPS) is 14.4. The Kier molecular flexibility index (Phi) is 3.99. The third kappa shape index (κ3) is 4.10. The number of pyridine rings is 1. The Hall–Kier alpha value is -0.740. The van der Waals surface area contributed by atoms with Crippen LogP contribution in [0.25, 0.3) is 0 Å². The van der Waals surface area contributed by atoms with Crippen LogP contribution in [0.15, 0.2) is 22.7 Å². The van der Waals surface area contributed by atoms with Gasteiger partial charge in [0.15, 0.2) is 0 Å². The molecule has 0 radical (unpaired) electrons. The van der Waals surface area contributed by atoms with Crippen molar-refractivity contribution in [1.29, 1.82) is 0 Å². The van der Waals surface area contributed by atoms with E-state index in [0.717, 1.165) is 5.56 Å². The summed E-state index contributed by atoms with van der Waals surface area (Å²) in [6, 6.07) is 3.43. The van der Waals surface area contributed by atoms with E-state index in [2.05, 4.69) is 9.38 Å². The lowest BCUT2D eigenvalue weighted by Crippen LogP contribution is -2.19. The van der Waals surface area contributed by atoms with E-state index in [4.69, 9.17) is 11.6 Å². The van der Waals surface area contributed by atoms with Crippen molar-refractivity contribution in [3.63, 3.8) is 0 Å². The van der Waals surface area contributed by atoms with Gasteiger partial charge in [-0.05, 0) is 38.5 Å². The third-order valence-electron chi connectivity index (χ3n) is 1.57. The second-order valence-corrected chi connectivity index (χ2v) is 6.33. The van der Waals surface area contributed by atoms with Crippen LogP contribution >= 0.6 is 11.6 Å². The van der Waals surface area contributed by atoms with Crippen molar-refractivity contribution < 1.29 is 4.21 Å². The molecule has 0 aliphatic rings. The van der Waals surface area contributed by atoms with Crippen LogP contribution < -0.4 is 0 Å². The van der Waals surface area contributed by atoms with Gasteiger partial charge in [0.25, 0.3) is 0 Å². The van der Waals surface area contributed by atoms with Gasteiger partial charge in [0.05, 0.1) is 4.75 Å². The van der Waals surface area contributed by atoms with E-state index < -0.39 is 11.0 Å². The van der Waals surface area contributed by atoms with Crippen molar-refractivity contribution in [2.45, 2.75) is 25.5 Å². The predicted octanol–water partition coefficient (Wildman–Crippen LogP) is 2.62. The van der Waals surface area contributed by atoms with Crippen LogP contribution in [0.4, 0.5) is 0 Å².